The lowest BCUT2D eigenvalue weighted by molar-refractivity contribution is -0.0316. The summed E-state index contributed by atoms with van der Waals surface area (Å²) >= 11 is 0. The molecule has 0 aliphatic carbocycles. The van der Waals surface area contributed by atoms with Gasteiger partial charge in [0.1, 0.15) is 5.84 Å². The van der Waals surface area contributed by atoms with Gasteiger partial charge in [-0.3, -0.25) is 9.55 Å². The van der Waals surface area contributed by atoms with Crippen LogP contribution in [-0.2, 0) is 14.7 Å². The molecule has 3 aliphatic rings. The SMILES string of the molecule is NC(=NC1CNC1)[C@@H]1CC[C@@H]2CN1C(=O)N2OS(=O)(=O)O. The Balaban J connectivity index is 1.74. The zero-order valence-electron chi connectivity index (χ0n) is 11.2. The maximum absolute atomic E-state index is 12.2. The lowest BCUT2D eigenvalue weighted by atomic mass is 10.00. The van der Waals surface area contributed by atoms with E-state index in [0.717, 1.165) is 13.1 Å². The van der Waals surface area contributed by atoms with Crippen molar-refractivity contribution in [2.75, 3.05) is 19.6 Å². The molecule has 0 saturated carbocycles. The van der Waals surface area contributed by atoms with Gasteiger partial charge in [-0.25, -0.2) is 4.79 Å². The van der Waals surface area contributed by atoms with Gasteiger partial charge in [-0.15, -0.1) is 4.28 Å². The number of piperidine rings is 1. The summed E-state index contributed by atoms with van der Waals surface area (Å²) in [4.78, 5) is 18.0. The third kappa shape index (κ3) is 2.81. The van der Waals surface area contributed by atoms with Crippen molar-refractivity contribution in [3.63, 3.8) is 0 Å². The number of nitrogens with zero attached hydrogens (tertiary/aromatic N) is 3. The van der Waals surface area contributed by atoms with Crippen LogP contribution in [0.25, 0.3) is 0 Å². The van der Waals surface area contributed by atoms with E-state index in [4.69, 9.17) is 10.3 Å². The predicted octanol–water partition coefficient (Wildman–Crippen LogP) is -1.68. The summed E-state index contributed by atoms with van der Waals surface area (Å²) in [5.74, 6) is 0.377. The number of aliphatic imine (C=N–C) groups is 1. The number of hydrogen-bond acceptors (Lipinski definition) is 6. The Morgan fingerprint density at radius 1 is 1.43 bits per heavy atom. The van der Waals surface area contributed by atoms with Gasteiger partial charge in [0.05, 0.1) is 18.1 Å². The van der Waals surface area contributed by atoms with Crippen LogP contribution in [0, 0.1) is 0 Å². The molecule has 3 saturated heterocycles. The number of urea groups is 1. The van der Waals surface area contributed by atoms with Gasteiger partial charge in [-0.2, -0.15) is 13.5 Å². The monoisotopic (exact) mass is 319 g/mol. The Morgan fingerprint density at radius 2 is 2.14 bits per heavy atom. The van der Waals surface area contributed by atoms with E-state index in [0.29, 0.717) is 30.3 Å². The van der Waals surface area contributed by atoms with Crippen LogP contribution in [-0.4, -0.2) is 72.6 Å². The van der Waals surface area contributed by atoms with E-state index in [9.17, 15) is 13.2 Å². The van der Waals surface area contributed by atoms with Crippen LogP contribution in [0.4, 0.5) is 4.79 Å². The number of fused-ring (bicyclic) bond motifs is 2. The van der Waals surface area contributed by atoms with Crippen LogP contribution >= 0.6 is 0 Å². The highest BCUT2D eigenvalue weighted by atomic mass is 32.3. The quantitative estimate of drug-likeness (QED) is 0.319. The van der Waals surface area contributed by atoms with Gasteiger partial charge in [0.25, 0.3) is 0 Å². The van der Waals surface area contributed by atoms with Gasteiger partial charge in [-0.1, -0.05) is 0 Å². The molecule has 3 fully saturated rings. The smallest absolute Gasteiger partial charge is 0.386 e. The molecule has 3 aliphatic heterocycles. The van der Waals surface area contributed by atoms with Crippen LogP contribution < -0.4 is 11.1 Å². The third-order valence-corrected chi connectivity index (χ3v) is 4.28. The van der Waals surface area contributed by atoms with Gasteiger partial charge >= 0.3 is 16.4 Å². The summed E-state index contributed by atoms with van der Waals surface area (Å²) in [6.45, 7) is 1.84. The molecule has 118 valence electrons. The highest BCUT2D eigenvalue weighted by Crippen LogP contribution is 2.30. The van der Waals surface area contributed by atoms with E-state index in [1.807, 2.05) is 0 Å². The first kappa shape index (κ1) is 14.5. The molecule has 2 bridgehead atoms. The summed E-state index contributed by atoms with van der Waals surface area (Å²) in [5, 5.41) is 3.78. The van der Waals surface area contributed by atoms with Crippen molar-refractivity contribution in [2.45, 2.75) is 31.0 Å². The molecular weight excluding hydrogens is 302 g/mol. The van der Waals surface area contributed by atoms with Gasteiger partial charge in [-0.05, 0) is 12.8 Å². The van der Waals surface area contributed by atoms with Crippen molar-refractivity contribution >= 4 is 22.3 Å². The lowest BCUT2D eigenvalue weighted by Gasteiger charge is -2.31. The second-order valence-electron chi connectivity index (χ2n) is 5.38. The Morgan fingerprint density at radius 3 is 2.71 bits per heavy atom. The van der Waals surface area contributed by atoms with Crippen LogP contribution in [0.15, 0.2) is 4.99 Å². The molecule has 0 aromatic rings. The van der Waals surface area contributed by atoms with E-state index in [2.05, 4.69) is 14.6 Å². The summed E-state index contributed by atoms with van der Waals surface area (Å²) in [6, 6.07) is -1.26. The van der Waals surface area contributed by atoms with Gasteiger partial charge in [0.2, 0.25) is 0 Å². The van der Waals surface area contributed by atoms with Crippen molar-refractivity contribution < 1.29 is 22.0 Å². The summed E-state index contributed by atoms with van der Waals surface area (Å²) in [6.07, 6.45) is 1.11. The number of amidine groups is 1. The summed E-state index contributed by atoms with van der Waals surface area (Å²) < 4.78 is 34.7. The number of carbonyl (C=O) groups is 1. The highest BCUT2D eigenvalue weighted by Gasteiger charge is 2.48. The zero-order chi connectivity index (χ0) is 15.2. The largest absolute Gasteiger partial charge is 0.418 e. The second kappa shape index (κ2) is 5.09. The molecule has 0 spiro atoms. The maximum Gasteiger partial charge on any atom is 0.418 e. The number of carbonyl (C=O) groups excluding carboxylic acids is 1. The van der Waals surface area contributed by atoms with E-state index in [1.54, 1.807) is 0 Å². The number of amides is 2. The first-order valence-electron chi connectivity index (χ1n) is 6.66. The minimum Gasteiger partial charge on any atom is -0.386 e. The minimum atomic E-state index is -4.72. The fourth-order valence-electron chi connectivity index (χ4n) is 2.80. The number of hydrogen-bond donors (Lipinski definition) is 3. The molecular formula is C10H17N5O5S. The van der Waals surface area contributed by atoms with Crippen molar-refractivity contribution in [3.05, 3.63) is 0 Å². The molecule has 10 nitrogen and oxygen atoms in total. The molecule has 0 aromatic heterocycles. The highest BCUT2D eigenvalue weighted by molar-refractivity contribution is 7.80. The Kier molecular flexibility index (Phi) is 3.51. The van der Waals surface area contributed by atoms with Crippen molar-refractivity contribution in [1.29, 1.82) is 0 Å². The van der Waals surface area contributed by atoms with Crippen LogP contribution in [0.2, 0.25) is 0 Å². The molecule has 11 heteroatoms. The minimum absolute atomic E-state index is 0.130. The maximum atomic E-state index is 12.2. The predicted molar refractivity (Wildman–Crippen MR) is 71.7 cm³/mol. The molecule has 2 atom stereocenters. The zero-order valence-corrected chi connectivity index (χ0v) is 12.0. The van der Waals surface area contributed by atoms with E-state index >= 15 is 0 Å². The summed E-state index contributed by atoms with van der Waals surface area (Å²) in [5.41, 5.74) is 5.98. The molecule has 0 unspecified atom stereocenters. The lowest BCUT2D eigenvalue weighted by Crippen LogP contribution is -2.51. The first-order valence-corrected chi connectivity index (χ1v) is 8.02. The number of hydroxylamine groups is 2. The standard InChI is InChI=1S/C10H17N5O5S/c11-9(13-6-3-12-4-6)8-2-1-7-5-14(8)10(16)15(7)20-21(17,18)19/h6-8,12H,1-5H2,(H2,11,13)(H,17,18,19)/t7-,8+/m1/s1. The van der Waals surface area contributed by atoms with Gasteiger partial charge < -0.3 is 16.0 Å². The number of nitrogens with one attached hydrogen (secondary N) is 1. The van der Waals surface area contributed by atoms with Gasteiger partial charge in [0, 0.05) is 19.6 Å². The third-order valence-electron chi connectivity index (χ3n) is 3.93. The van der Waals surface area contributed by atoms with Crippen molar-refractivity contribution in [2.24, 2.45) is 10.7 Å². The summed E-state index contributed by atoms with van der Waals surface area (Å²) in [7, 11) is -4.72. The molecule has 4 N–H and O–H groups in total. The van der Waals surface area contributed by atoms with Crippen LogP contribution in [0.3, 0.4) is 0 Å². The topological polar surface area (TPSA) is 138 Å². The molecule has 2 amide bonds. The fourth-order valence-corrected chi connectivity index (χ4v) is 3.19. The average molecular weight is 319 g/mol. The van der Waals surface area contributed by atoms with Crippen LogP contribution in [0.1, 0.15) is 12.8 Å². The van der Waals surface area contributed by atoms with Crippen molar-refractivity contribution in [1.82, 2.24) is 15.3 Å². The average Bonchev–Trinajstić information content (AvgIpc) is 2.58. The second-order valence-corrected chi connectivity index (χ2v) is 6.38. The van der Waals surface area contributed by atoms with E-state index in [-0.39, 0.29) is 12.1 Å². The normalized spacial score (nSPS) is 30.7. The number of nitrogens with two attached hydrogens (primary N) is 1. The molecule has 21 heavy (non-hydrogen) atoms. The Bertz CT molecular complexity index is 574. The molecule has 3 heterocycles. The van der Waals surface area contributed by atoms with Crippen molar-refractivity contribution in [3.8, 4) is 0 Å². The van der Waals surface area contributed by atoms with Gasteiger partial charge in [0.15, 0.2) is 0 Å². The van der Waals surface area contributed by atoms with E-state index in [1.165, 1.54) is 4.90 Å². The molecule has 0 aromatic carbocycles. The first-order chi connectivity index (χ1) is 9.85. The van der Waals surface area contributed by atoms with Crippen LogP contribution in [0.5, 0.6) is 0 Å². The Hall–Kier alpha value is -1.43. The molecule has 3 rings (SSSR count). The Labute approximate surface area is 121 Å². The fraction of sp³-hybridized carbons (Fsp3) is 0.800. The number of rotatable bonds is 4. The molecule has 0 radical (unpaired) electrons. The van der Waals surface area contributed by atoms with E-state index < -0.39 is 22.5 Å².